The van der Waals surface area contributed by atoms with Gasteiger partial charge in [-0.3, -0.25) is 0 Å². The Morgan fingerprint density at radius 3 is 2.62 bits per heavy atom. The third-order valence-electron chi connectivity index (χ3n) is 6.60. The van der Waals surface area contributed by atoms with E-state index < -0.39 is 35.4 Å². The first-order valence-corrected chi connectivity index (χ1v) is 7.67. The minimum atomic E-state index is -0.828. The average Bonchev–Trinajstić information content (AvgIpc) is 2.89. The van der Waals surface area contributed by atoms with E-state index in [4.69, 9.17) is 9.47 Å². The largest absolute Gasteiger partial charge is 0.391 e. The molecule has 1 saturated heterocycles. The molecule has 0 radical (unpaired) electrons. The van der Waals surface area contributed by atoms with Gasteiger partial charge in [-0.15, -0.1) is 0 Å². The Balaban J connectivity index is 2.07. The summed E-state index contributed by atoms with van der Waals surface area (Å²) in [5.41, 5.74) is -0.342. The van der Waals surface area contributed by atoms with Crippen LogP contribution in [-0.4, -0.2) is 53.6 Å². The van der Waals surface area contributed by atoms with Crippen LogP contribution in [-0.2, 0) is 9.47 Å². The van der Waals surface area contributed by atoms with Gasteiger partial charge >= 0.3 is 0 Å². The molecule has 0 aromatic carbocycles. The van der Waals surface area contributed by atoms with Gasteiger partial charge in [0.25, 0.3) is 0 Å². The lowest BCUT2D eigenvalue weighted by atomic mass is 9.60. The summed E-state index contributed by atoms with van der Waals surface area (Å²) in [6.07, 6.45) is -1.79. The Labute approximate surface area is 125 Å². The maximum absolute atomic E-state index is 11.2. The van der Waals surface area contributed by atoms with Crippen molar-refractivity contribution in [1.29, 1.82) is 0 Å². The highest BCUT2D eigenvalue weighted by atomic mass is 16.7. The number of fused-ring (bicyclic) bond motifs is 1. The fourth-order valence-corrected chi connectivity index (χ4v) is 5.07. The highest BCUT2D eigenvalue weighted by Crippen LogP contribution is 2.66. The lowest BCUT2D eigenvalue weighted by Gasteiger charge is -2.49. The summed E-state index contributed by atoms with van der Waals surface area (Å²) in [6.45, 7) is 8.50. The molecule has 0 unspecified atom stereocenters. The zero-order chi connectivity index (χ0) is 15.6. The highest BCUT2D eigenvalue weighted by molar-refractivity contribution is 5.28. The predicted octanol–water partition coefficient (Wildman–Crippen LogP) is 0.680. The van der Waals surface area contributed by atoms with E-state index >= 15 is 0 Å². The normalized spacial score (nSPS) is 57.0. The van der Waals surface area contributed by atoms with Crippen LogP contribution in [0.5, 0.6) is 0 Å². The first-order valence-electron chi connectivity index (χ1n) is 7.67. The second-order valence-corrected chi connectivity index (χ2v) is 7.30. The number of hydrogen-bond donors (Lipinski definition) is 3. The first kappa shape index (κ1) is 15.4. The molecule has 120 valence electrons. The molecule has 0 bridgehead atoms. The maximum Gasteiger partial charge on any atom is 0.169 e. The summed E-state index contributed by atoms with van der Waals surface area (Å²) in [6, 6.07) is 0. The number of aliphatic hydroxyl groups excluding tert-OH is 3. The SMILES string of the molecule is C=C1CO[C@@H](OC)[C@]12C[C@@H]1[C@@H](O)[C@@H](O)C[C@@H](C)[C@]1(C)[C@H]2O. The van der Waals surface area contributed by atoms with E-state index in [0.717, 1.165) is 5.57 Å². The third kappa shape index (κ3) is 1.70. The molecule has 5 nitrogen and oxygen atoms in total. The summed E-state index contributed by atoms with van der Waals surface area (Å²) >= 11 is 0. The van der Waals surface area contributed by atoms with Crippen molar-refractivity contribution in [2.75, 3.05) is 13.7 Å². The van der Waals surface area contributed by atoms with Gasteiger partial charge in [-0.05, 0) is 30.3 Å². The van der Waals surface area contributed by atoms with E-state index in [0.29, 0.717) is 19.4 Å². The van der Waals surface area contributed by atoms with Crippen molar-refractivity contribution in [1.82, 2.24) is 0 Å². The quantitative estimate of drug-likeness (QED) is 0.621. The molecule has 3 rings (SSSR count). The Morgan fingerprint density at radius 2 is 2.00 bits per heavy atom. The van der Waals surface area contributed by atoms with E-state index in [-0.39, 0.29) is 11.8 Å². The highest BCUT2D eigenvalue weighted by Gasteiger charge is 2.70. The van der Waals surface area contributed by atoms with Gasteiger partial charge < -0.3 is 24.8 Å². The van der Waals surface area contributed by atoms with Gasteiger partial charge in [0.2, 0.25) is 0 Å². The van der Waals surface area contributed by atoms with Crippen molar-refractivity contribution in [3.8, 4) is 0 Å². The van der Waals surface area contributed by atoms with Crippen LogP contribution in [0.2, 0.25) is 0 Å². The molecule has 2 saturated carbocycles. The molecule has 3 N–H and O–H groups in total. The third-order valence-corrected chi connectivity index (χ3v) is 6.60. The molecule has 1 aliphatic heterocycles. The van der Waals surface area contributed by atoms with Crippen LogP contribution in [0.15, 0.2) is 12.2 Å². The molecule has 0 aromatic rings. The van der Waals surface area contributed by atoms with Crippen LogP contribution in [0, 0.1) is 22.7 Å². The van der Waals surface area contributed by atoms with Crippen molar-refractivity contribution in [3.63, 3.8) is 0 Å². The number of hydrogen-bond acceptors (Lipinski definition) is 5. The Hall–Kier alpha value is -0.460. The Bertz CT molecular complexity index is 452. The number of aliphatic hydroxyl groups is 3. The number of rotatable bonds is 1. The fraction of sp³-hybridized carbons (Fsp3) is 0.875. The molecule has 3 fully saturated rings. The van der Waals surface area contributed by atoms with E-state index in [2.05, 4.69) is 6.58 Å². The molecule has 0 aromatic heterocycles. The molecule has 1 spiro atoms. The number of ether oxygens (including phenoxy) is 2. The van der Waals surface area contributed by atoms with Crippen LogP contribution in [0.25, 0.3) is 0 Å². The average molecular weight is 298 g/mol. The topological polar surface area (TPSA) is 79.2 Å². The molecule has 0 amide bonds. The van der Waals surface area contributed by atoms with Gasteiger partial charge in [-0.2, -0.15) is 0 Å². The lowest BCUT2D eigenvalue weighted by Crippen LogP contribution is -2.54. The molecule has 1 heterocycles. The van der Waals surface area contributed by atoms with Crippen LogP contribution < -0.4 is 0 Å². The van der Waals surface area contributed by atoms with Gasteiger partial charge in [-0.1, -0.05) is 20.4 Å². The molecule has 8 atom stereocenters. The molecular formula is C16H26O5. The van der Waals surface area contributed by atoms with Crippen LogP contribution in [0.3, 0.4) is 0 Å². The van der Waals surface area contributed by atoms with Crippen molar-refractivity contribution in [2.45, 2.75) is 51.3 Å². The Morgan fingerprint density at radius 1 is 1.33 bits per heavy atom. The van der Waals surface area contributed by atoms with Gasteiger partial charge in [-0.25, -0.2) is 0 Å². The molecule has 21 heavy (non-hydrogen) atoms. The van der Waals surface area contributed by atoms with Crippen molar-refractivity contribution in [2.24, 2.45) is 22.7 Å². The zero-order valence-electron chi connectivity index (χ0n) is 13.0. The van der Waals surface area contributed by atoms with Crippen molar-refractivity contribution < 1.29 is 24.8 Å². The number of methoxy groups -OCH3 is 1. The van der Waals surface area contributed by atoms with Crippen LogP contribution >= 0.6 is 0 Å². The lowest BCUT2D eigenvalue weighted by molar-refractivity contribution is -0.179. The summed E-state index contributed by atoms with van der Waals surface area (Å²) in [7, 11) is 1.57. The maximum atomic E-state index is 11.2. The van der Waals surface area contributed by atoms with Gasteiger partial charge in [0, 0.05) is 12.5 Å². The summed E-state index contributed by atoms with van der Waals surface area (Å²) in [5.74, 6) is -0.0940. The molecular weight excluding hydrogens is 272 g/mol. The standard InChI is InChI=1S/C16H26O5/c1-8-5-11(17)12(18)10-6-16(13(19)15(8,10)3)9(2)7-21-14(16)20-4/h8,10-14,17-19H,2,5-7H2,1,3-4H3/t8-,10-,11+,12-,13-,14-,15+,16-/m1/s1. The van der Waals surface area contributed by atoms with E-state index in [1.807, 2.05) is 13.8 Å². The minimum absolute atomic E-state index is 0.0983. The smallest absolute Gasteiger partial charge is 0.169 e. The monoisotopic (exact) mass is 298 g/mol. The van der Waals surface area contributed by atoms with Crippen LogP contribution in [0.1, 0.15) is 26.7 Å². The molecule has 5 heteroatoms. The minimum Gasteiger partial charge on any atom is -0.391 e. The summed E-state index contributed by atoms with van der Waals surface area (Å²) in [4.78, 5) is 0. The summed E-state index contributed by atoms with van der Waals surface area (Å²) in [5, 5.41) is 31.7. The van der Waals surface area contributed by atoms with Crippen molar-refractivity contribution in [3.05, 3.63) is 12.2 Å². The second-order valence-electron chi connectivity index (χ2n) is 7.30. The van der Waals surface area contributed by atoms with Gasteiger partial charge in [0.05, 0.1) is 30.3 Å². The first-order chi connectivity index (χ1) is 9.80. The van der Waals surface area contributed by atoms with E-state index in [1.54, 1.807) is 7.11 Å². The fourth-order valence-electron chi connectivity index (χ4n) is 5.07. The summed E-state index contributed by atoms with van der Waals surface area (Å²) < 4.78 is 11.1. The second kappa shape index (κ2) is 4.77. The van der Waals surface area contributed by atoms with Gasteiger partial charge in [0.15, 0.2) is 6.29 Å². The van der Waals surface area contributed by atoms with Crippen molar-refractivity contribution >= 4 is 0 Å². The van der Waals surface area contributed by atoms with E-state index in [1.165, 1.54) is 0 Å². The van der Waals surface area contributed by atoms with E-state index in [9.17, 15) is 15.3 Å². The van der Waals surface area contributed by atoms with Gasteiger partial charge in [0.1, 0.15) is 0 Å². The predicted molar refractivity (Wildman–Crippen MR) is 76.3 cm³/mol. The Kier molecular flexibility index (Phi) is 3.50. The molecule has 2 aliphatic carbocycles. The van der Waals surface area contributed by atoms with Crippen LogP contribution in [0.4, 0.5) is 0 Å². The zero-order valence-corrected chi connectivity index (χ0v) is 13.0. The molecule has 3 aliphatic rings.